The molecule has 1 aliphatic rings. The topological polar surface area (TPSA) is 52.6 Å². The van der Waals surface area contributed by atoms with E-state index in [-0.39, 0.29) is 11.9 Å². The molecule has 0 N–H and O–H groups in total. The first kappa shape index (κ1) is 17.5. The highest BCUT2D eigenvalue weighted by Gasteiger charge is 2.34. The van der Waals surface area contributed by atoms with Crippen LogP contribution in [0.3, 0.4) is 0 Å². The number of hydrogen-bond acceptors (Lipinski definition) is 4. The summed E-state index contributed by atoms with van der Waals surface area (Å²) in [5.41, 5.74) is 0.309. The maximum Gasteiger partial charge on any atom is 0.342 e. The van der Waals surface area contributed by atoms with Gasteiger partial charge in [0.2, 0.25) is 0 Å². The zero-order chi connectivity index (χ0) is 17.0. The zero-order valence-corrected chi connectivity index (χ0v) is 14.4. The summed E-state index contributed by atoms with van der Waals surface area (Å²) in [6.07, 6.45) is 3.09. The van der Waals surface area contributed by atoms with E-state index in [0.29, 0.717) is 23.3 Å². The van der Waals surface area contributed by atoms with Gasteiger partial charge in [-0.25, -0.2) is 4.79 Å². The number of rotatable bonds is 4. The van der Waals surface area contributed by atoms with Gasteiger partial charge in [0.25, 0.3) is 0 Å². The van der Waals surface area contributed by atoms with Gasteiger partial charge in [0, 0.05) is 6.92 Å². The van der Waals surface area contributed by atoms with Crippen molar-refractivity contribution in [1.29, 1.82) is 0 Å². The third kappa shape index (κ3) is 4.57. The third-order valence-corrected chi connectivity index (χ3v) is 4.58. The molecule has 1 aromatic rings. The molecule has 0 aliphatic heterocycles. The Morgan fingerprint density at radius 3 is 2.52 bits per heavy atom. The van der Waals surface area contributed by atoms with Gasteiger partial charge in [0.05, 0.1) is 0 Å². The van der Waals surface area contributed by atoms with Gasteiger partial charge in [-0.2, -0.15) is 0 Å². The van der Waals surface area contributed by atoms with Crippen molar-refractivity contribution in [1.82, 2.24) is 0 Å². The maximum atomic E-state index is 12.6. The Labute approximate surface area is 138 Å². The van der Waals surface area contributed by atoms with Gasteiger partial charge < -0.3 is 9.47 Å². The van der Waals surface area contributed by atoms with E-state index in [9.17, 15) is 9.59 Å². The number of hydrogen-bond donors (Lipinski definition) is 0. The average molecular weight is 318 g/mol. The van der Waals surface area contributed by atoms with E-state index in [2.05, 4.69) is 20.8 Å². The molecule has 126 valence electrons. The molecule has 1 aliphatic carbocycles. The van der Waals surface area contributed by atoms with E-state index < -0.39 is 11.9 Å². The molecule has 0 aromatic heterocycles. The Morgan fingerprint density at radius 1 is 1.17 bits per heavy atom. The van der Waals surface area contributed by atoms with Crippen molar-refractivity contribution < 1.29 is 19.1 Å². The van der Waals surface area contributed by atoms with E-state index >= 15 is 0 Å². The monoisotopic (exact) mass is 318 g/mol. The van der Waals surface area contributed by atoms with Crippen molar-refractivity contribution >= 4 is 11.9 Å². The lowest BCUT2D eigenvalue weighted by atomic mass is 9.75. The largest absolute Gasteiger partial charge is 0.458 e. The fraction of sp³-hybridized carbons (Fsp3) is 0.579. The molecular formula is C19H26O4. The van der Waals surface area contributed by atoms with Crippen molar-refractivity contribution in [3.8, 4) is 5.75 Å². The van der Waals surface area contributed by atoms with E-state index in [1.165, 1.54) is 13.3 Å². The summed E-state index contributed by atoms with van der Waals surface area (Å²) in [5, 5.41) is 0. The molecule has 0 amide bonds. The van der Waals surface area contributed by atoms with Crippen molar-refractivity contribution in [3.05, 3.63) is 29.8 Å². The van der Waals surface area contributed by atoms with Gasteiger partial charge in [-0.15, -0.1) is 0 Å². The smallest absolute Gasteiger partial charge is 0.342 e. The van der Waals surface area contributed by atoms with Gasteiger partial charge in [-0.05, 0) is 42.7 Å². The summed E-state index contributed by atoms with van der Waals surface area (Å²) in [5.74, 6) is 0.824. The molecule has 0 spiro atoms. The number of carbonyl (C=O) groups is 2. The second-order valence-electron chi connectivity index (χ2n) is 6.86. The number of para-hydroxylation sites is 1. The quantitative estimate of drug-likeness (QED) is 0.616. The molecule has 4 nitrogen and oxygen atoms in total. The lowest BCUT2D eigenvalue weighted by Gasteiger charge is -2.36. The Bertz CT molecular complexity index is 564. The Morgan fingerprint density at radius 2 is 1.87 bits per heavy atom. The maximum absolute atomic E-state index is 12.6. The standard InChI is InChI=1S/C19H26O4/c1-12(2)15-10-9-13(3)11-18(15)23-19(21)16-7-5-6-8-17(16)22-14(4)20/h5-8,12-13,15,18H,9-11H2,1-4H3/t13-,15-,18-/m1/s1. The van der Waals surface area contributed by atoms with E-state index in [4.69, 9.17) is 9.47 Å². The van der Waals surface area contributed by atoms with Crippen LogP contribution in [0, 0.1) is 17.8 Å². The highest BCUT2D eigenvalue weighted by molar-refractivity contribution is 5.93. The Hall–Kier alpha value is -1.84. The fourth-order valence-electron chi connectivity index (χ4n) is 3.33. The summed E-state index contributed by atoms with van der Waals surface area (Å²) in [6.45, 7) is 7.87. The average Bonchev–Trinajstić information content (AvgIpc) is 2.46. The van der Waals surface area contributed by atoms with Crippen LogP contribution in [-0.4, -0.2) is 18.0 Å². The predicted molar refractivity (Wildman–Crippen MR) is 88.3 cm³/mol. The second kappa shape index (κ2) is 7.62. The van der Waals surface area contributed by atoms with E-state index in [0.717, 1.165) is 12.8 Å². The SMILES string of the molecule is CC(=O)Oc1ccccc1C(=O)O[C@@H]1C[C@H](C)CC[C@@H]1C(C)C. The van der Waals surface area contributed by atoms with Gasteiger partial charge in [0.1, 0.15) is 17.4 Å². The van der Waals surface area contributed by atoms with Crippen molar-refractivity contribution in [3.63, 3.8) is 0 Å². The third-order valence-electron chi connectivity index (χ3n) is 4.58. The predicted octanol–water partition coefficient (Wildman–Crippen LogP) is 4.23. The van der Waals surface area contributed by atoms with Gasteiger partial charge in [-0.1, -0.05) is 39.3 Å². The van der Waals surface area contributed by atoms with Crippen LogP contribution >= 0.6 is 0 Å². The molecule has 2 rings (SSSR count). The molecule has 4 heteroatoms. The Balaban J connectivity index is 2.15. The lowest BCUT2D eigenvalue weighted by Crippen LogP contribution is -2.36. The second-order valence-corrected chi connectivity index (χ2v) is 6.86. The number of esters is 2. The summed E-state index contributed by atoms with van der Waals surface area (Å²) in [7, 11) is 0. The molecule has 1 saturated carbocycles. The summed E-state index contributed by atoms with van der Waals surface area (Å²) in [6, 6.07) is 6.72. The fourth-order valence-corrected chi connectivity index (χ4v) is 3.33. The summed E-state index contributed by atoms with van der Waals surface area (Å²) < 4.78 is 10.9. The molecular weight excluding hydrogens is 292 g/mol. The molecule has 0 saturated heterocycles. The van der Waals surface area contributed by atoms with Crippen molar-refractivity contribution in [2.45, 2.75) is 53.1 Å². The number of ether oxygens (including phenoxy) is 2. The van der Waals surface area contributed by atoms with Crippen LogP contribution in [0.5, 0.6) is 5.75 Å². The van der Waals surface area contributed by atoms with Gasteiger partial charge in [-0.3, -0.25) is 4.79 Å². The first-order chi connectivity index (χ1) is 10.9. The first-order valence-corrected chi connectivity index (χ1v) is 8.37. The molecule has 0 bridgehead atoms. The van der Waals surface area contributed by atoms with Crippen LogP contribution in [0.4, 0.5) is 0 Å². The minimum Gasteiger partial charge on any atom is -0.458 e. The highest BCUT2D eigenvalue weighted by Crippen LogP contribution is 2.36. The molecule has 1 aromatic carbocycles. The van der Waals surface area contributed by atoms with Gasteiger partial charge >= 0.3 is 11.9 Å². The minimum absolute atomic E-state index is 0.0726. The van der Waals surface area contributed by atoms with Crippen LogP contribution in [0.15, 0.2) is 24.3 Å². The van der Waals surface area contributed by atoms with Crippen LogP contribution < -0.4 is 4.74 Å². The minimum atomic E-state index is -0.448. The van der Waals surface area contributed by atoms with Gasteiger partial charge in [0.15, 0.2) is 0 Å². The van der Waals surface area contributed by atoms with E-state index in [1.54, 1.807) is 24.3 Å². The van der Waals surface area contributed by atoms with Crippen LogP contribution in [0.2, 0.25) is 0 Å². The number of benzene rings is 1. The highest BCUT2D eigenvalue weighted by atomic mass is 16.6. The van der Waals surface area contributed by atoms with Crippen LogP contribution in [0.25, 0.3) is 0 Å². The van der Waals surface area contributed by atoms with Crippen LogP contribution in [-0.2, 0) is 9.53 Å². The van der Waals surface area contributed by atoms with Crippen molar-refractivity contribution in [2.24, 2.45) is 17.8 Å². The van der Waals surface area contributed by atoms with Crippen molar-refractivity contribution in [2.75, 3.05) is 0 Å². The molecule has 0 unspecified atom stereocenters. The lowest BCUT2D eigenvalue weighted by molar-refractivity contribution is -0.131. The molecule has 0 heterocycles. The first-order valence-electron chi connectivity index (χ1n) is 8.37. The van der Waals surface area contributed by atoms with Crippen LogP contribution in [0.1, 0.15) is 57.3 Å². The molecule has 0 radical (unpaired) electrons. The molecule has 23 heavy (non-hydrogen) atoms. The number of carbonyl (C=O) groups excluding carboxylic acids is 2. The Kier molecular flexibility index (Phi) is 5.80. The summed E-state index contributed by atoms with van der Waals surface area (Å²) >= 11 is 0. The zero-order valence-electron chi connectivity index (χ0n) is 14.4. The molecule has 1 fully saturated rings. The summed E-state index contributed by atoms with van der Waals surface area (Å²) in [4.78, 5) is 23.8. The normalized spacial score (nSPS) is 24.3. The molecule has 3 atom stereocenters. The van der Waals surface area contributed by atoms with E-state index in [1.807, 2.05) is 0 Å².